The minimum atomic E-state index is 0.271. The molecule has 0 saturated carbocycles. The van der Waals surface area contributed by atoms with Crippen LogP contribution in [0, 0.1) is 0 Å². The van der Waals surface area contributed by atoms with Crippen LogP contribution in [0.25, 0.3) is 0 Å². The summed E-state index contributed by atoms with van der Waals surface area (Å²) in [7, 11) is 0. The highest BCUT2D eigenvalue weighted by molar-refractivity contribution is 6.35. The molecule has 0 aromatic heterocycles. The van der Waals surface area contributed by atoms with Crippen molar-refractivity contribution in [2.45, 2.75) is 38.8 Å². The molecule has 2 rings (SSSR count). The van der Waals surface area contributed by atoms with E-state index in [0.29, 0.717) is 11.6 Å². The molecule has 1 aliphatic rings. The number of nitrogens with zero attached hydrogens (tertiary/aromatic N) is 1. The summed E-state index contributed by atoms with van der Waals surface area (Å²) in [6, 6.07) is 4.11. The van der Waals surface area contributed by atoms with Crippen LogP contribution in [0.4, 0.5) is 0 Å². The largest absolute Gasteiger partial charge is 0.329 e. The minimum Gasteiger partial charge on any atom is -0.329 e. The van der Waals surface area contributed by atoms with E-state index in [1.165, 1.54) is 30.4 Å². The van der Waals surface area contributed by atoms with Crippen molar-refractivity contribution in [2.24, 2.45) is 5.73 Å². The zero-order valence-corrected chi connectivity index (χ0v) is 12.3. The predicted molar refractivity (Wildman–Crippen MR) is 78.2 cm³/mol. The van der Waals surface area contributed by atoms with Crippen LogP contribution < -0.4 is 5.73 Å². The molecule has 0 amide bonds. The normalized spacial score (nSPS) is 19.2. The zero-order valence-electron chi connectivity index (χ0n) is 10.8. The van der Waals surface area contributed by atoms with Crippen LogP contribution in [-0.4, -0.2) is 18.0 Å². The van der Waals surface area contributed by atoms with E-state index in [4.69, 9.17) is 28.9 Å². The number of fused-ring (bicyclic) bond motifs is 1. The third-order valence-corrected chi connectivity index (χ3v) is 4.18. The average Bonchev–Trinajstić information content (AvgIpc) is 2.67. The maximum Gasteiger partial charge on any atom is 0.0478 e. The first-order valence-corrected chi connectivity index (χ1v) is 7.35. The number of unbranched alkanes of at least 4 members (excludes halogenated alkanes) is 2. The predicted octanol–water partition coefficient (Wildman–Crippen LogP) is 4.00. The third kappa shape index (κ3) is 2.83. The van der Waals surface area contributed by atoms with Gasteiger partial charge in [-0.1, -0.05) is 43.0 Å². The highest BCUT2D eigenvalue weighted by Crippen LogP contribution is 2.39. The first kappa shape index (κ1) is 14.1. The lowest BCUT2D eigenvalue weighted by Gasteiger charge is -2.23. The summed E-state index contributed by atoms with van der Waals surface area (Å²) in [5.41, 5.74) is 8.33. The van der Waals surface area contributed by atoms with Gasteiger partial charge in [0.1, 0.15) is 0 Å². The summed E-state index contributed by atoms with van der Waals surface area (Å²) in [4.78, 5) is 2.42. The number of rotatable bonds is 5. The number of halogens is 2. The van der Waals surface area contributed by atoms with Gasteiger partial charge in [0.2, 0.25) is 0 Å². The van der Waals surface area contributed by atoms with Gasteiger partial charge in [0, 0.05) is 29.2 Å². The van der Waals surface area contributed by atoms with Crippen LogP contribution in [0.5, 0.6) is 0 Å². The molecule has 1 atom stereocenters. The van der Waals surface area contributed by atoms with Gasteiger partial charge in [0.25, 0.3) is 0 Å². The van der Waals surface area contributed by atoms with Gasteiger partial charge >= 0.3 is 0 Å². The molecule has 0 radical (unpaired) electrons. The van der Waals surface area contributed by atoms with Crippen LogP contribution in [-0.2, 0) is 6.54 Å². The topological polar surface area (TPSA) is 29.3 Å². The van der Waals surface area contributed by atoms with E-state index in [0.717, 1.165) is 18.1 Å². The van der Waals surface area contributed by atoms with E-state index in [2.05, 4.69) is 11.8 Å². The van der Waals surface area contributed by atoms with Crippen molar-refractivity contribution >= 4 is 23.2 Å². The Labute approximate surface area is 119 Å². The van der Waals surface area contributed by atoms with Crippen molar-refractivity contribution in [2.75, 3.05) is 13.1 Å². The molecule has 1 heterocycles. The Morgan fingerprint density at radius 3 is 2.78 bits per heavy atom. The summed E-state index contributed by atoms with van der Waals surface area (Å²) in [5, 5.41) is 1.47. The fraction of sp³-hybridized carbons (Fsp3) is 0.571. The second kappa shape index (κ2) is 6.25. The Bertz CT molecular complexity index is 421. The van der Waals surface area contributed by atoms with Crippen LogP contribution >= 0.6 is 23.2 Å². The quantitative estimate of drug-likeness (QED) is 0.829. The monoisotopic (exact) mass is 286 g/mol. The van der Waals surface area contributed by atoms with Gasteiger partial charge < -0.3 is 5.73 Å². The molecule has 2 nitrogen and oxygen atoms in total. The Morgan fingerprint density at radius 1 is 1.33 bits per heavy atom. The lowest BCUT2D eigenvalue weighted by Crippen LogP contribution is -2.28. The highest BCUT2D eigenvalue weighted by Gasteiger charge is 2.30. The van der Waals surface area contributed by atoms with E-state index in [-0.39, 0.29) is 6.04 Å². The van der Waals surface area contributed by atoms with Gasteiger partial charge in [-0.2, -0.15) is 0 Å². The molecule has 1 unspecified atom stereocenters. The number of benzene rings is 1. The second-order valence-corrected chi connectivity index (χ2v) is 5.73. The lowest BCUT2D eigenvalue weighted by molar-refractivity contribution is 0.215. The molecular weight excluding hydrogens is 267 g/mol. The van der Waals surface area contributed by atoms with Crippen LogP contribution in [0.3, 0.4) is 0 Å². The summed E-state index contributed by atoms with van der Waals surface area (Å²) in [5.74, 6) is 0. The molecule has 0 aliphatic carbocycles. The second-order valence-electron chi connectivity index (χ2n) is 4.88. The van der Waals surface area contributed by atoms with Crippen molar-refractivity contribution in [1.29, 1.82) is 0 Å². The Kier molecular flexibility index (Phi) is 4.91. The van der Waals surface area contributed by atoms with E-state index >= 15 is 0 Å². The number of hydrogen-bond acceptors (Lipinski definition) is 2. The van der Waals surface area contributed by atoms with Gasteiger partial charge in [-0.25, -0.2) is 0 Å². The molecular formula is C14H20Cl2N2. The van der Waals surface area contributed by atoms with Gasteiger partial charge in [-0.3, -0.25) is 4.90 Å². The lowest BCUT2D eigenvalue weighted by atomic mass is 10.0. The summed E-state index contributed by atoms with van der Waals surface area (Å²) < 4.78 is 0. The molecule has 4 heteroatoms. The van der Waals surface area contributed by atoms with E-state index in [1.54, 1.807) is 0 Å². The smallest absolute Gasteiger partial charge is 0.0478 e. The molecule has 100 valence electrons. The fourth-order valence-electron chi connectivity index (χ4n) is 2.67. The summed E-state index contributed by atoms with van der Waals surface area (Å²) >= 11 is 12.4. The van der Waals surface area contributed by atoms with Gasteiger partial charge in [-0.05, 0) is 36.2 Å². The van der Waals surface area contributed by atoms with Gasteiger partial charge in [0.05, 0.1) is 0 Å². The van der Waals surface area contributed by atoms with Crippen LogP contribution in [0.1, 0.15) is 43.4 Å². The highest BCUT2D eigenvalue weighted by atomic mass is 35.5. The molecule has 0 fully saturated rings. The molecule has 18 heavy (non-hydrogen) atoms. The first-order valence-electron chi connectivity index (χ1n) is 6.59. The number of nitrogens with two attached hydrogens (primary N) is 1. The first-order chi connectivity index (χ1) is 8.67. The standard InChI is InChI=1S/C14H20Cl2N2/c1-2-3-4-5-18-9-12-11(14(18)8-17)6-10(15)7-13(12)16/h6-7,14H,2-5,8-9,17H2,1H3. The van der Waals surface area contributed by atoms with Crippen molar-refractivity contribution in [3.63, 3.8) is 0 Å². The zero-order chi connectivity index (χ0) is 13.1. The fourth-order valence-corrected chi connectivity index (χ4v) is 3.24. The minimum absolute atomic E-state index is 0.271. The van der Waals surface area contributed by atoms with E-state index in [1.807, 2.05) is 12.1 Å². The van der Waals surface area contributed by atoms with Gasteiger partial charge in [-0.15, -0.1) is 0 Å². The average molecular weight is 287 g/mol. The molecule has 1 aromatic rings. The molecule has 1 aromatic carbocycles. The Hall–Kier alpha value is -0.280. The van der Waals surface area contributed by atoms with Crippen molar-refractivity contribution in [1.82, 2.24) is 4.90 Å². The molecule has 0 spiro atoms. The molecule has 0 saturated heterocycles. The van der Waals surface area contributed by atoms with Crippen molar-refractivity contribution in [3.05, 3.63) is 33.3 Å². The van der Waals surface area contributed by atoms with Crippen LogP contribution in [0.2, 0.25) is 10.0 Å². The van der Waals surface area contributed by atoms with E-state index in [9.17, 15) is 0 Å². The van der Waals surface area contributed by atoms with Gasteiger partial charge in [0.15, 0.2) is 0 Å². The third-order valence-electron chi connectivity index (χ3n) is 3.63. The van der Waals surface area contributed by atoms with E-state index < -0.39 is 0 Å². The number of hydrogen-bond donors (Lipinski definition) is 1. The maximum atomic E-state index is 6.27. The molecule has 1 aliphatic heterocycles. The SMILES string of the molecule is CCCCCN1Cc2c(Cl)cc(Cl)cc2C1CN. The molecule has 2 N–H and O–H groups in total. The Balaban J connectivity index is 2.17. The summed E-state index contributed by atoms with van der Waals surface area (Å²) in [6.45, 7) is 4.82. The maximum absolute atomic E-state index is 6.27. The van der Waals surface area contributed by atoms with Crippen molar-refractivity contribution in [3.8, 4) is 0 Å². The molecule has 0 bridgehead atoms. The summed E-state index contributed by atoms with van der Waals surface area (Å²) in [6.07, 6.45) is 3.71. The Morgan fingerprint density at radius 2 is 2.11 bits per heavy atom. The van der Waals surface area contributed by atoms with Crippen molar-refractivity contribution < 1.29 is 0 Å². The van der Waals surface area contributed by atoms with Crippen LogP contribution in [0.15, 0.2) is 12.1 Å².